The minimum atomic E-state index is 0.159. The van der Waals surface area contributed by atoms with Crippen molar-refractivity contribution < 1.29 is 4.74 Å². The van der Waals surface area contributed by atoms with E-state index in [-0.39, 0.29) is 5.60 Å². The van der Waals surface area contributed by atoms with Gasteiger partial charge in [-0.15, -0.1) is 0 Å². The molecule has 2 aliphatic carbocycles. The summed E-state index contributed by atoms with van der Waals surface area (Å²) in [6.45, 7) is 8.60. The normalized spacial score (nSPS) is 32.5. The van der Waals surface area contributed by atoms with Crippen LogP contribution in [0, 0.1) is 11.8 Å². The first-order chi connectivity index (χ1) is 7.65. The summed E-state index contributed by atoms with van der Waals surface area (Å²) in [7, 11) is 0. The molecule has 1 heteroatoms. The molecule has 0 aromatic carbocycles. The number of unbranched alkanes of at least 4 members (excludes halogenated alkanes) is 3. The molecule has 92 valence electrons. The predicted octanol–water partition coefficient (Wildman–Crippen LogP) is 4.68. The lowest BCUT2D eigenvalue weighted by atomic mass is 10.1. The Bertz CT molecular complexity index is 254. The van der Waals surface area contributed by atoms with E-state index in [1.807, 2.05) is 0 Å². The fourth-order valence-corrected chi connectivity index (χ4v) is 2.57. The van der Waals surface area contributed by atoms with Crippen molar-refractivity contribution in [1.82, 2.24) is 0 Å². The number of hydrogen-bond donors (Lipinski definition) is 0. The number of ether oxygens (including phenoxy) is 1. The lowest BCUT2D eigenvalue weighted by Gasteiger charge is -2.17. The van der Waals surface area contributed by atoms with E-state index in [0.29, 0.717) is 5.92 Å². The first kappa shape index (κ1) is 12.0. The highest BCUT2D eigenvalue weighted by Gasteiger charge is 2.52. The van der Waals surface area contributed by atoms with E-state index in [4.69, 9.17) is 4.74 Å². The molecule has 2 saturated carbocycles. The van der Waals surface area contributed by atoms with Gasteiger partial charge in [0.2, 0.25) is 0 Å². The Hall–Kier alpha value is -0.460. The van der Waals surface area contributed by atoms with Gasteiger partial charge in [0.1, 0.15) is 5.60 Å². The van der Waals surface area contributed by atoms with Gasteiger partial charge in [-0.3, -0.25) is 0 Å². The molecule has 0 heterocycles. The van der Waals surface area contributed by atoms with E-state index in [9.17, 15) is 0 Å². The maximum absolute atomic E-state index is 6.05. The van der Waals surface area contributed by atoms with Crippen LogP contribution in [0.3, 0.4) is 0 Å². The molecule has 0 bridgehead atoms. The molecule has 0 aliphatic heterocycles. The largest absolute Gasteiger partial charge is 0.492 e. The molecule has 1 nitrogen and oxygen atoms in total. The molecule has 0 aromatic heterocycles. The highest BCUT2D eigenvalue weighted by atomic mass is 16.5. The van der Waals surface area contributed by atoms with Crippen molar-refractivity contribution in [2.24, 2.45) is 11.8 Å². The Morgan fingerprint density at radius 3 is 2.69 bits per heavy atom. The third-order valence-corrected chi connectivity index (χ3v) is 4.16. The van der Waals surface area contributed by atoms with Crippen LogP contribution in [-0.4, -0.2) is 5.60 Å². The van der Waals surface area contributed by atoms with Crippen molar-refractivity contribution in [3.8, 4) is 0 Å². The van der Waals surface area contributed by atoms with Crippen molar-refractivity contribution in [3.63, 3.8) is 0 Å². The summed E-state index contributed by atoms with van der Waals surface area (Å²) >= 11 is 0. The third-order valence-electron chi connectivity index (χ3n) is 4.16. The van der Waals surface area contributed by atoms with Gasteiger partial charge >= 0.3 is 0 Å². The Morgan fingerprint density at radius 1 is 1.31 bits per heavy atom. The van der Waals surface area contributed by atoms with Gasteiger partial charge < -0.3 is 4.74 Å². The Balaban J connectivity index is 1.61. The molecule has 0 saturated heterocycles. The first-order valence-electron chi connectivity index (χ1n) is 7.03. The summed E-state index contributed by atoms with van der Waals surface area (Å²) < 4.78 is 6.05. The maximum atomic E-state index is 6.05. The molecule has 2 rings (SSSR count). The molecule has 16 heavy (non-hydrogen) atoms. The van der Waals surface area contributed by atoms with Crippen molar-refractivity contribution in [2.75, 3.05) is 0 Å². The zero-order chi connectivity index (χ0) is 11.6. The molecule has 2 atom stereocenters. The van der Waals surface area contributed by atoms with Crippen molar-refractivity contribution >= 4 is 0 Å². The van der Waals surface area contributed by atoms with E-state index in [1.165, 1.54) is 51.4 Å². The lowest BCUT2D eigenvalue weighted by molar-refractivity contribution is 0.0840. The monoisotopic (exact) mass is 222 g/mol. The van der Waals surface area contributed by atoms with E-state index in [1.54, 1.807) is 0 Å². The average molecular weight is 222 g/mol. The average Bonchev–Trinajstić information content (AvgIpc) is 3.10. The van der Waals surface area contributed by atoms with Gasteiger partial charge in [-0.1, -0.05) is 39.2 Å². The van der Waals surface area contributed by atoms with Gasteiger partial charge in [0.05, 0.1) is 5.76 Å². The van der Waals surface area contributed by atoms with Crippen LogP contribution in [0.25, 0.3) is 0 Å². The molecule has 2 fully saturated rings. The van der Waals surface area contributed by atoms with Crippen LogP contribution in [0.1, 0.15) is 65.2 Å². The van der Waals surface area contributed by atoms with Gasteiger partial charge in [0, 0.05) is 11.8 Å². The van der Waals surface area contributed by atoms with E-state index >= 15 is 0 Å². The summed E-state index contributed by atoms with van der Waals surface area (Å²) in [5.41, 5.74) is 0.159. The van der Waals surface area contributed by atoms with Crippen LogP contribution in [0.2, 0.25) is 0 Å². The van der Waals surface area contributed by atoms with E-state index in [2.05, 4.69) is 20.4 Å². The van der Waals surface area contributed by atoms with Gasteiger partial charge in [-0.2, -0.15) is 0 Å². The van der Waals surface area contributed by atoms with E-state index < -0.39 is 0 Å². The third kappa shape index (κ3) is 3.02. The predicted molar refractivity (Wildman–Crippen MR) is 68.2 cm³/mol. The number of allylic oxidation sites excluding steroid dienone is 1. The van der Waals surface area contributed by atoms with Crippen LogP contribution < -0.4 is 0 Å². The standard InChI is InChI=1S/C15H26O/c1-4-5-6-7-8-14-11-15(14,3)16-12(2)13-9-10-13/h13-14H,2,4-11H2,1,3H3. The Morgan fingerprint density at radius 2 is 2.06 bits per heavy atom. The molecule has 2 aliphatic rings. The quantitative estimate of drug-likeness (QED) is 0.428. The molecule has 0 spiro atoms. The van der Waals surface area contributed by atoms with Crippen LogP contribution in [-0.2, 0) is 4.74 Å². The SMILES string of the molecule is C=C(OC1(C)CC1CCCCCC)C1CC1. The molecule has 0 radical (unpaired) electrons. The van der Waals surface area contributed by atoms with Crippen LogP contribution in [0.5, 0.6) is 0 Å². The number of hydrogen-bond acceptors (Lipinski definition) is 1. The summed E-state index contributed by atoms with van der Waals surface area (Å²) in [6, 6.07) is 0. The maximum Gasteiger partial charge on any atom is 0.109 e. The van der Waals surface area contributed by atoms with Crippen molar-refractivity contribution in [3.05, 3.63) is 12.3 Å². The highest BCUT2D eigenvalue weighted by molar-refractivity contribution is 5.08. The lowest BCUT2D eigenvalue weighted by Crippen LogP contribution is -2.12. The minimum Gasteiger partial charge on any atom is -0.492 e. The fourth-order valence-electron chi connectivity index (χ4n) is 2.57. The molecule has 0 N–H and O–H groups in total. The molecule has 2 unspecified atom stereocenters. The van der Waals surface area contributed by atoms with Crippen LogP contribution in [0.15, 0.2) is 12.3 Å². The highest BCUT2D eigenvalue weighted by Crippen LogP contribution is 2.52. The van der Waals surface area contributed by atoms with Gasteiger partial charge in [-0.25, -0.2) is 0 Å². The molecular formula is C15H26O. The Kier molecular flexibility index (Phi) is 3.61. The summed E-state index contributed by atoms with van der Waals surface area (Å²) in [5, 5.41) is 0. The second-order valence-electron chi connectivity index (χ2n) is 5.91. The minimum absolute atomic E-state index is 0.159. The second kappa shape index (κ2) is 4.81. The second-order valence-corrected chi connectivity index (χ2v) is 5.91. The first-order valence-corrected chi connectivity index (χ1v) is 7.03. The van der Waals surface area contributed by atoms with Crippen LogP contribution >= 0.6 is 0 Å². The zero-order valence-corrected chi connectivity index (χ0v) is 10.9. The van der Waals surface area contributed by atoms with Gasteiger partial charge in [0.25, 0.3) is 0 Å². The molecule has 0 aromatic rings. The van der Waals surface area contributed by atoms with Gasteiger partial charge in [-0.05, 0) is 32.6 Å². The number of rotatable bonds is 8. The summed E-state index contributed by atoms with van der Waals surface area (Å²) in [5.74, 6) is 2.57. The van der Waals surface area contributed by atoms with Crippen LogP contribution in [0.4, 0.5) is 0 Å². The Labute approximate surface area is 100 Å². The molecule has 0 amide bonds. The topological polar surface area (TPSA) is 9.23 Å². The van der Waals surface area contributed by atoms with Gasteiger partial charge in [0.15, 0.2) is 0 Å². The molecular weight excluding hydrogens is 196 g/mol. The fraction of sp³-hybridized carbons (Fsp3) is 0.867. The van der Waals surface area contributed by atoms with E-state index in [0.717, 1.165) is 11.7 Å². The summed E-state index contributed by atoms with van der Waals surface area (Å²) in [4.78, 5) is 0. The smallest absolute Gasteiger partial charge is 0.109 e. The zero-order valence-electron chi connectivity index (χ0n) is 10.9. The summed E-state index contributed by atoms with van der Waals surface area (Å²) in [6.07, 6.45) is 10.7. The van der Waals surface area contributed by atoms with Crippen molar-refractivity contribution in [2.45, 2.75) is 70.8 Å². The van der Waals surface area contributed by atoms with Crippen molar-refractivity contribution in [1.29, 1.82) is 0 Å².